The lowest BCUT2D eigenvalue weighted by Gasteiger charge is -2.13. The van der Waals surface area contributed by atoms with Crippen molar-refractivity contribution in [3.8, 4) is 0 Å². The molecule has 1 atom stereocenters. The van der Waals surface area contributed by atoms with Crippen molar-refractivity contribution in [1.29, 1.82) is 0 Å². The highest BCUT2D eigenvalue weighted by atomic mass is 32.1. The van der Waals surface area contributed by atoms with Crippen LogP contribution in [0.4, 0.5) is 0 Å². The zero-order valence-corrected chi connectivity index (χ0v) is 11.8. The molecule has 0 saturated carbocycles. The van der Waals surface area contributed by atoms with E-state index in [1.54, 1.807) is 17.7 Å². The Hall–Kier alpha value is -1.73. The lowest BCUT2D eigenvalue weighted by atomic mass is 10.1. The van der Waals surface area contributed by atoms with E-state index in [9.17, 15) is 4.79 Å². The summed E-state index contributed by atoms with van der Waals surface area (Å²) in [6.45, 7) is 2.48. The van der Waals surface area contributed by atoms with Gasteiger partial charge in [-0.1, -0.05) is 0 Å². The molecule has 19 heavy (non-hydrogen) atoms. The molecule has 3 N–H and O–H groups in total. The predicted molar refractivity (Wildman–Crippen MR) is 73.6 cm³/mol. The average molecular weight is 279 g/mol. The van der Waals surface area contributed by atoms with E-state index in [1.165, 1.54) is 0 Å². The van der Waals surface area contributed by atoms with Gasteiger partial charge in [-0.25, -0.2) is 9.97 Å². The van der Waals surface area contributed by atoms with Crippen molar-refractivity contribution in [2.75, 3.05) is 0 Å². The first-order valence-corrected chi connectivity index (χ1v) is 6.83. The van der Waals surface area contributed by atoms with Crippen LogP contribution >= 0.6 is 11.3 Å². The van der Waals surface area contributed by atoms with Crippen LogP contribution < -0.4 is 11.1 Å². The third-order valence-electron chi connectivity index (χ3n) is 2.71. The molecule has 0 bridgehead atoms. The second-order valence-electron chi connectivity index (χ2n) is 4.43. The summed E-state index contributed by atoms with van der Waals surface area (Å²) in [5.41, 5.74) is 7.17. The highest BCUT2D eigenvalue weighted by Gasteiger charge is 2.17. The molecule has 0 aliphatic carbocycles. The summed E-state index contributed by atoms with van der Waals surface area (Å²) in [5, 5.41) is 6.11. The van der Waals surface area contributed by atoms with Gasteiger partial charge in [-0.15, -0.1) is 11.3 Å². The van der Waals surface area contributed by atoms with Gasteiger partial charge in [0, 0.05) is 31.6 Å². The highest BCUT2D eigenvalue weighted by Crippen LogP contribution is 2.08. The summed E-state index contributed by atoms with van der Waals surface area (Å²) in [7, 11) is 1.89. The quantitative estimate of drug-likeness (QED) is 0.800. The molecule has 0 radical (unpaired) electrons. The number of aryl methyl sites for hydroxylation is 2. The maximum Gasteiger partial charge on any atom is 0.234 e. The standard InChI is InChI=1S/C12H17N5OS/c1-8-16-10(6-19-8)4-14-11(12(13)18)3-9-5-17(2)7-15-9/h5-7,11,14H,3-4H2,1-2H3,(H2,13,18). The number of aromatic nitrogens is 3. The molecule has 2 aromatic rings. The van der Waals surface area contributed by atoms with Crippen molar-refractivity contribution in [3.05, 3.63) is 34.3 Å². The monoisotopic (exact) mass is 279 g/mol. The molecule has 1 unspecified atom stereocenters. The number of carbonyl (C=O) groups is 1. The van der Waals surface area contributed by atoms with Gasteiger partial charge in [0.2, 0.25) is 5.91 Å². The molecule has 2 aromatic heterocycles. The Bertz CT molecular complexity index is 562. The summed E-state index contributed by atoms with van der Waals surface area (Å²) < 4.78 is 1.84. The molecule has 1 amide bonds. The zero-order chi connectivity index (χ0) is 13.8. The summed E-state index contributed by atoms with van der Waals surface area (Å²) in [4.78, 5) is 20.0. The second kappa shape index (κ2) is 5.94. The molecule has 0 saturated heterocycles. The predicted octanol–water partition coefficient (Wildman–Crippen LogP) is 0.371. The molecule has 0 aliphatic heterocycles. The number of primary amides is 1. The van der Waals surface area contributed by atoms with E-state index in [2.05, 4.69) is 15.3 Å². The van der Waals surface area contributed by atoms with Crippen molar-refractivity contribution < 1.29 is 4.79 Å². The van der Waals surface area contributed by atoms with E-state index < -0.39 is 6.04 Å². The number of rotatable bonds is 6. The molecular formula is C12H17N5OS. The van der Waals surface area contributed by atoms with Crippen molar-refractivity contribution >= 4 is 17.2 Å². The van der Waals surface area contributed by atoms with Gasteiger partial charge >= 0.3 is 0 Å². The molecule has 6 nitrogen and oxygen atoms in total. The van der Waals surface area contributed by atoms with Gasteiger partial charge in [0.15, 0.2) is 0 Å². The number of nitrogens with zero attached hydrogens (tertiary/aromatic N) is 3. The maximum atomic E-state index is 11.4. The fraction of sp³-hybridized carbons (Fsp3) is 0.417. The number of nitrogens with two attached hydrogens (primary N) is 1. The maximum absolute atomic E-state index is 11.4. The highest BCUT2D eigenvalue weighted by molar-refractivity contribution is 7.09. The smallest absolute Gasteiger partial charge is 0.234 e. The average Bonchev–Trinajstić information content (AvgIpc) is 2.93. The number of thiazole rings is 1. The normalized spacial score (nSPS) is 12.5. The fourth-order valence-corrected chi connectivity index (χ4v) is 2.38. The van der Waals surface area contributed by atoms with Crippen LogP contribution in [0.3, 0.4) is 0 Å². The molecule has 2 rings (SSSR count). The van der Waals surface area contributed by atoms with Crippen LogP contribution in [0.2, 0.25) is 0 Å². The summed E-state index contributed by atoms with van der Waals surface area (Å²) in [6, 6.07) is -0.433. The minimum absolute atomic E-state index is 0.377. The van der Waals surface area contributed by atoms with Gasteiger partial charge in [-0.3, -0.25) is 10.1 Å². The number of imidazole rings is 1. The minimum atomic E-state index is -0.433. The van der Waals surface area contributed by atoms with E-state index >= 15 is 0 Å². The molecule has 0 spiro atoms. The minimum Gasteiger partial charge on any atom is -0.368 e. The lowest BCUT2D eigenvalue weighted by molar-refractivity contribution is -0.120. The Balaban J connectivity index is 1.94. The van der Waals surface area contributed by atoms with Crippen LogP contribution in [-0.2, 0) is 24.8 Å². The molecular weight excluding hydrogens is 262 g/mol. The van der Waals surface area contributed by atoms with Gasteiger partial charge in [-0.05, 0) is 6.92 Å². The molecule has 0 aromatic carbocycles. The SMILES string of the molecule is Cc1nc(CNC(Cc2cn(C)cn2)C(N)=O)cs1. The van der Waals surface area contributed by atoms with Gasteiger partial charge < -0.3 is 10.3 Å². The first kappa shape index (κ1) is 13.7. The van der Waals surface area contributed by atoms with E-state index in [4.69, 9.17) is 5.73 Å². The molecule has 2 heterocycles. The second-order valence-corrected chi connectivity index (χ2v) is 5.49. The first-order chi connectivity index (χ1) is 9.04. The molecule has 0 aliphatic rings. The van der Waals surface area contributed by atoms with Gasteiger partial charge in [-0.2, -0.15) is 0 Å². The van der Waals surface area contributed by atoms with Gasteiger partial charge in [0.25, 0.3) is 0 Å². The third kappa shape index (κ3) is 3.87. The van der Waals surface area contributed by atoms with E-state index in [-0.39, 0.29) is 5.91 Å². The van der Waals surface area contributed by atoms with Crippen LogP contribution in [-0.4, -0.2) is 26.5 Å². The Labute approximate surface area is 115 Å². The van der Waals surface area contributed by atoms with Gasteiger partial charge in [0.1, 0.15) is 0 Å². The van der Waals surface area contributed by atoms with E-state index in [0.717, 1.165) is 16.4 Å². The number of nitrogens with one attached hydrogen (secondary N) is 1. The number of carbonyl (C=O) groups excluding carboxylic acids is 1. The number of amides is 1. The van der Waals surface area contributed by atoms with Crippen molar-refractivity contribution in [1.82, 2.24) is 19.9 Å². The third-order valence-corrected chi connectivity index (χ3v) is 3.53. The Kier molecular flexibility index (Phi) is 4.28. The fourth-order valence-electron chi connectivity index (χ4n) is 1.77. The molecule has 0 fully saturated rings. The summed E-state index contributed by atoms with van der Waals surface area (Å²) >= 11 is 1.59. The Morgan fingerprint density at radius 1 is 1.58 bits per heavy atom. The van der Waals surface area contributed by atoms with Gasteiger partial charge in [0.05, 0.1) is 28.8 Å². The van der Waals surface area contributed by atoms with Crippen molar-refractivity contribution in [3.63, 3.8) is 0 Å². The topological polar surface area (TPSA) is 85.8 Å². The van der Waals surface area contributed by atoms with E-state index in [1.807, 2.05) is 30.1 Å². The van der Waals surface area contributed by atoms with Crippen LogP contribution in [0, 0.1) is 6.92 Å². The van der Waals surface area contributed by atoms with Crippen LogP contribution in [0.15, 0.2) is 17.9 Å². The zero-order valence-electron chi connectivity index (χ0n) is 11.0. The number of hydrogen-bond donors (Lipinski definition) is 2. The van der Waals surface area contributed by atoms with Crippen LogP contribution in [0.5, 0.6) is 0 Å². The summed E-state index contributed by atoms with van der Waals surface area (Å²) in [5.74, 6) is -0.377. The lowest BCUT2D eigenvalue weighted by Crippen LogP contribution is -2.42. The van der Waals surface area contributed by atoms with Crippen molar-refractivity contribution in [2.45, 2.75) is 25.9 Å². The van der Waals surface area contributed by atoms with E-state index in [0.29, 0.717) is 13.0 Å². The van der Waals surface area contributed by atoms with Crippen LogP contribution in [0.25, 0.3) is 0 Å². The molecule has 102 valence electrons. The van der Waals surface area contributed by atoms with Crippen LogP contribution in [0.1, 0.15) is 16.4 Å². The first-order valence-electron chi connectivity index (χ1n) is 5.95. The summed E-state index contributed by atoms with van der Waals surface area (Å²) in [6.07, 6.45) is 4.07. The Morgan fingerprint density at radius 2 is 2.37 bits per heavy atom. The van der Waals surface area contributed by atoms with Crippen molar-refractivity contribution in [2.24, 2.45) is 12.8 Å². The Morgan fingerprint density at radius 3 is 2.89 bits per heavy atom. The largest absolute Gasteiger partial charge is 0.368 e. The number of hydrogen-bond acceptors (Lipinski definition) is 5. The molecule has 7 heteroatoms.